The minimum atomic E-state index is 0.0927. The molecule has 0 saturated carbocycles. The van der Waals surface area contributed by atoms with E-state index in [2.05, 4.69) is 0 Å². The molecule has 0 bridgehead atoms. The maximum Gasteiger partial charge on any atom is 0.227 e. The Balaban J connectivity index is 1.92. The summed E-state index contributed by atoms with van der Waals surface area (Å²) in [7, 11) is 0. The Labute approximate surface area is 118 Å². The molecule has 0 unspecified atom stereocenters. The molecule has 102 valence electrons. The molecule has 2 rings (SSSR count). The second kappa shape index (κ2) is 6.20. The molecule has 0 aliphatic carbocycles. The zero-order valence-corrected chi connectivity index (χ0v) is 11.8. The quantitative estimate of drug-likeness (QED) is 0.853. The topological polar surface area (TPSA) is 37.4 Å². The molecular formula is C15H18ClNO2. The van der Waals surface area contributed by atoms with Crippen LogP contribution in [0.1, 0.15) is 25.3 Å². The van der Waals surface area contributed by atoms with Crippen LogP contribution in [-0.4, -0.2) is 29.7 Å². The summed E-state index contributed by atoms with van der Waals surface area (Å²) in [6, 6.07) is 7.42. The molecule has 1 amide bonds. The molecule has 1 aromatic rings. The zero-order valence-electron chi connectivity index (χ0n) is 11.1. The van der Waals surface area contributed by atoms with Gasteiger partial charge >= 0.3 is 0 Å². The molecule has 3 nitrogen and oxygen atoms in total. The SMILES string of the molecule is CC(=O)C1CCN(C(=O)Cc2ccccc2Cl)CC1. The highest BCUT2D eigenvalue weighted by atomic mass is 35.5. The average molecular weight is 280 g/mol. The van der Waals surface area contributed by atoms with Gasteiger partial charge in [0.25, 0.3) is 0 Å². The minimum Gasteiger partial charge on any atom is -0.342 e. The molecule has 1 fully saturated rings. The highest BCUT2D eigenvalue weighted by Crippen LogP contribution is 2.20. The lowest BCUT2D eigenvalue weighted by atomic mass is 9.93. The van der Waals surface area contributed by atoms with Gasteiger partial charge in [-0.15, -0.1) is 0 Å². The first-order chi connectivity index (χ1) is 9.08. The van der Waals surface area contributed by atoms with E-state index in [1.54, 1.807) is 13.0 Å². The van der Waals surface area contributed by atoms with Crippen molar-refractivity contribution < 1.29 is 9.59 Å². The Morgan fingerprint density at radius 2 is 1.89 bits per heavy atom. The van der Waals surface area contributed by atoms with Crippen LogP contribution in [-0.2, 0) is 16.0 Å². The molecule has 0 N–H and O–H groups in total. The molecule has 0 aromatic heterocycles. The van der Waals surface area contributed by atoms with Crippen LogP contribution in [0, 0.1) is 5.92 Å². The third-order valence-electron chi connectivity index (χ3n) is 3.72. The van der Waals surface area contributed by atoms with Gasteiger partial charge in [-0.1, -0.05) is 29.8 Å². The van der Waals surface area contributed by atoms with Crippen LogP contribution in [0.15, 0.2) is 24.3 Å². The summed E-state index contributed by atoms with van der Waals surface area (Å²) in [4.78, 5) is 25.3. The maximum absolute atomic E-state index is 12.2. The Hall–Kier alpha value is -1.35. The maximum atomic E-state index is 12.2. The molecule has 1 saturated heterocycles. The third-order valence-corrected chi connectivity index (χ3v) is 4.09. The monoisotopic (exact) mass is 279 g/mol. The van der Waals surface area contributed by atoms with Crippen molar-refractivity contribution in [3.63, 3.8) is 0 Å². The molecule has 1 aromatic carbocycles. The lowest BCUT2D eigenvalue weighted by molar-refractivity contribution is -0.134. The van der Waals surface area contributed by atoms with Crippen LogP contribution in [0.5, 0.6) is 0 Å². The lowest BCUT2D eigenvalue weighted by Crippen LogP contribution is -2.40. The number of hydrogen-bond donors (Lipinski definition) is 0. The second-order valence-electron chi connectivity index (χ2n) is 5.03. The zero-order chi connectivity index (χ0) is 13.8. The number of ketones is 1. The van der Waals surface area contributed by atoms with E-state index in [0.717, 1.165) is 18.4 Å². The fourth-order valence-corrected chi connectivity index (χ4v) is 2.65. The first-order valence-corrected chi connectivity index (χ1v) is 6.97. The number of carbonyl (C=O) groups excluding carboxylic acids is 2. The molecule has 0 atom stereocenters. The van der Waals surface area contributed by atoms with Crippen molar-refractivity contribution >= 4 is 23.3 Å². The lowest BCUT2D eigenvalue weighted by Gasteiger charge is -2.31. The van der Waals surface area contributed by atoms with Crippen molar-refractivity contribution in [3.05, 3.63) is 34.9 Å². The Bertz CT molecular complexity index is 479. The van der Waals surface area contributed by atoms with E-state index in [1.165, 1.54) is 0 Å². The van der Waals surface area contributed by atoms with E-state index in [-0.39, 0.29) is 17.6 Å². The van der Waals surface area contributed by atoms with Crippen LogP contribution in [0.4, 0.5) is 0 Å². The van der Waals surface area contributed by atoms with Crippen molar-refractivity contribution in [1.82, 2.24) is 4.90 Å². The van der Waals surface area contributed by atoms with E-state index >= 15 is 0 Å². The van der Waals surface area contributed by atoms with Gasteiger partial charge in [0.1, 0.15) is 5.78 Å². The second-order valence-corrected chi connectivity index (χ2v) is 5.44. The van der Waals surface area contributed by atoms with Crippen LogP contribution in [0.2, 0.25) is 5.02 Å². The number of amides is 1. The van der Waals surface area contributed by atoms with Gasteiger partial charge in [0, 0.05) is 24.0 Å². The summed E-state index contributed by atoms with van der Waals surface area (Å²) in [6.07, 6.45) is 1.90. The molecule has 1 aliphatic heterocycles. The van der Waals surface area contributed by atoms with E-state index in [1.807, 2.05) is 23.1 Å². The number of piperidine rings is 1. The largest absolute Gasteiger partial charge is 0.342 e. The summed E-state index contributed by atoms with van der Waals surface area (Å²) in [5.41, 5.74) is 0.864. The predicted molar refractivity (Wildman–Crippen MR) is 75.1 cm³/mol. The number of carbonyl (C=O) groups is 2. The average Bonchev–Trinajstić information content (AvgIpc) is 2.41. The standard InChI is InChI=1S/C15H18ClNO2/c1-11(18)12-6-8-17(9-7-12)15(19)10-13-4-2-3-5-14(13)16/h2-5,12H,6-10H2,1H3. The van der Waals surface area contributed by atoms with E-state index in [0.29, 0.717) is 24.5 Å². The Kier molecular flexibility index (Phi) is 4.59. The van der Waals surface area contributed by atoms with Crippen LogP contribution in [0.25, 0.3) is 0 Å². The number of halogens is 1. The highest BCUT2D eigenvalue weighted by molar-refractivity contribution is 6.31. The van der Waals surface area contributed by atoms with Gasteiger partial charge in [0.05, 0.1) is 6.42 Å². The van der Waals surface area contributed by atoms with E-state index in [9.17, 15) is 9.59 Å². The summed E-state index contributed by atoms with van der Waals surface area (Å²) < 4.78 is 0. The van der Waals surface area contributed by atoms with Gasteiger partial charge in [-0.05, 0) is 31.4 Å². The number of nitrogens with zero attached hydrogens (tertiary/aromatic N) is 1. The van der Waals surface area contributed by atoms with Crippen molar-refractivity contribution in [2.45, 2.75) is 26.2 Å². The minimum absolute atomic E-state index is 0.0927. The van der Waals surface area contributed by atoms with Crippen molar-refractivity contribution in [3.8, 4) is 0 Å². The van der Waals surface area contributed by atoms with E-state index in [4.69, 9.17) is 11.6 Å². The van der Waals surface area contributed by atoms with Gasteiger partial charge in [0.15, 0.2) is 0 Å². The summed E-state index contributed by atoms with van der Waals surface area (Å²) in [5.74, 6) is 0.456. The number of rotatable bonds is 3. The van der Waals surface area contributed by atoms with Gasteiger partial charge < -0.3 is 4.90 Å². The first-order valence-electron chi connectivity index (χ1n) is 6.59. The van der Waals surface area contributed by atoms with Crippen molar-refractivity contribution in [1.29, 1.82) is 0 Å². The molecule has 0 radical (unpaired) electrons. The van der Waals surface area contributed by atoms with Crippen molar-refractivity contribution in [2.75, 3.05) is 13.1 Å². The fourth-order valence-electron chi connectivity index (χ4n) is 2.45. The highest BCUT2D eigenvalue weighted by Gasteiger charge is 2.25. The van der Waals surface area contributed by atoms with E-state index < -0.39 is 0 Å². The van der Waals surface area contributed by atoms with Gasteiger partial charge in [0.2, 0.25) is 5.91 Å². The molecule has 1 aliphatic rings. The molecule has 0 spiro atoms. The molecule has 1 heterocycles. The van der Waals surface area contributed by atoms with Gasteiger partial charge in [-0.3, -0.25) is 9.59 Å². The number of hydrogen-bond acceptors (Lipinski definition) is 2. The predicted octanol–water partition coefficient (Wildman–Crippen LogP) is 2.71. The first kappa shape index (κ1) is 14.1. The van der Waals surface area contributed by atoms with Gasteiger partial charge in [-0.25, -0.2) is 0 Å². The molecular weight excluding hydrogens is 262 g/mol. The van der Waals surface area contributed by atoms with Crippen LogP contribution < -0.4 is 0 Å². The summed E-state index contributed by atoms with van der Waals surface area (Å²) >= 11 is 6.06. The normalized spacial score (nSPS) is 16.4. The Morgan fingerprint density at radius 3 is 2.47 bits per heavy atom. The van der Waals surface area contributed by atoms with Crippen molar-refractivity contribution in [2.24, 2.45) is 5.92 Å². The number of benzene rings is 1. The van der Waals surface area contributed by atoms with Crippen LogP contribution in [0.3, 0.4) is 0 Å². The smallest absolute Gasteiger partial charge is 0.227 e. The molecule has 4 heteroatoms. The van der Waals surface area contributed by atoms with Crippen LogP contribution >= 0.6 is 11.6 Å². The summed E-state index contributed by atoms with van der Waals surface area (Å²) in [5, 5.41) is 0.634. The third kappa shape index (κ3) is 3.57. The number of Topliss-reactive ketones (excluding diaryl/α,β-unsaturated/α-hetero) is 1. The summed E-state index contributed by atoms with van der Waals surface area (Å²) in [6.45, 7) is 2.98. The Morgan fingerprint density at radius 1 is 1.26 bits per heavy atom. The molecule has 19 heavy (non-hydrogen) atoms. The fraction of sp³-hybridized carbons (Fsp3) is 0.467. The number of likely N-dealkylation sites (tertiary alicyclic amines) is 1. The van der Waals surface area contributed by atoms with Gasteiger partial charge in [-0.2, -0.15) is 0 Å².